The monoisotopic (exact) mass is 313 g/mol. The predicted molar refractivity (Wildman–Crippen MR) is 76.4 cm³/mol. The maximum absolute atomic E-state index is 13.9. The molecule has 1 aliphatic rings. The van der Waals surface area contributed by atoms with Crippen LogP contribution in [-0.2, 0) is 0 Å². The lowest BCUT2D eigenvalue weighted by Crippen LogP contribution is -2.49. The first kappa shape index (κ1) is 14.2. The van der Waals surface area contributed by atoms with E-state index in [4.69, 9.17) is 11.6 Å². The van der Waals surface area contributed by atoms with Crippen LogP contribution in [0.5, 0.6) is 0 Å². The quantitative estimate of drug-likeness (QED) is 0.835. The minimum Gasteiger partial charge on any atom is -0.337 e. The number of piperazine rings is 1. The minimum absolute atomic E-state index is 0.0128. The SMILES string of the molecule is C[C@H]1CN(c2n[nH]c(-c3cc(F)c(Cl)cc3F)n2)CCN1. The molecule has 112 valence electrons. The Labute approximate surface area is 125 Å². The lowest BCUT2D eigenvalue weighted by atomic mass is 10.2. The van der Waals surface area contributed by atoms with Gasteiger partial charge in [-0.2, -0.15) is 4.98 Å². The van der Waals surface area contributed by atoms with Crippen molar-refractivity contribution >= 4 is 17.5 Å². The molecular formula is C13H14ClF2N5. The van der Waals surface area contributed by atoms with Crippen LogP contribution in [-0.4, -0.2) is 40.9 Å². The zero-order chi connectivity index (χ0) is 15.0. The Morgan fingerprint density at radius 2 is 2.14 bits per heavy atom. The first-order valence-electron chi connectivity index (χ1n) is 6.60. The van der Waals surface area contributed by atoms with E-state index in [0.29, 0.717) is 12.0 Å². The van der Waals surface area contributed by atoms with Gasteiger partial charge in [0.2, 0.25) is 5.95 Å². The van der Waals surface area contributed by atoms with Gasteiger partial charge in [-0.25, -0.2) is 8.78 Å². The summed E-state index contributed by atoms with van der Waals surface area (Å²) in [5.41, 5.74) is 0.0128. The number of H-pyrrole nitrogens is 1. The van der Waals surface area contributed by atoms with Gasteiger partial charge in [-0.1, -0.05) is 11.6 Å². The van der Waals surface area contributed by atoms with Gasteiger partial charge < -0.3 is 10.2 Å². The average molecular weight is 314 g/mol. The zero-order valence-corrected chi connectivity index (χ0v) is 12.1. The molecular weight excluding hydrogens is 300 g/mol. The van der Waals surface area contributed by atoms with E-state index in [-0.39, 0.29) is 16.4 Å². The van der Waals surface area contributed by atoms with E-state index in [2.05, 4.69) is 27.4 Å². The van der Waals surface area contributed by atoms with Crippen molar-refractivity contribution in [1.82, 2.24) is 20.5 Å². The first-order valence-corrected chi connectivity index (χ1v) is 6.98. The number of anilines is 1. The molecule has 1 fully saturated rings. The van der Waals surface area contributed by atoms with E-state index in [9.17, 15) is 8.78 Å². The van der Waals surface area contributed by atoms with Crippen LogP contribution in [0.4, 0.5) is 14.7 Å². The normalized spacial score (nSPS) is 19.0. The molecule has 0 radical (unpaired) electrons. The van der Waals surface area contributed by atoms with Crippen LogP contribution < -0.4 is 10.2 Å². The molecule has 3 rings (SSSR count). The molecule has 0 aliphatic carbocycles. The van der Waals surface area contributed by atoms with E-state index < -0.39 is 11.6 Å². The highest BCUT2D eigenvalue weighted by Gasteiger charge is 2.21. The number of nitrogens with one attached hydrogen (secondary N) is 2. The number of hydrogen-bond acceptors (Lipinski definition) is 4. The van der Waals surface area contributed by atoms with Crippen LogP contribution in [0.2, 0.25) is 5.02 Å². The first-order chi connectivity index (χ1) is 10.0. The summed E-state index contributed by atoms with van der Waals surface area (Å²) in [5.74, 6) is -0.669. The fraction of sp³-hybridized carbons (Fsp3) is 0.385. The topological polar surface area (TPSA) is 56.8 Å². The van der Waals surface area contributed by atoms with Crippen molar-refractivity contribution in [2.45, 2.75) is 13.0 Å². The Morgan fingerprint density at radius 1 is 1.33 bits per heavy atom. The van der Waals surface area contributed by atoms with Gasteiger partial charge in [-0.15, -0.1) is 5.10 Å². The maximum Gasteiger partial charge on any atom is 0.245 e. The Hall–Kier alpha value is -1.73. The number of hydrogen-bond donors (Lipinski definition) is 2. The maximum atomic E-state index is 13.9. The van der Waals surface area contributed by atoms with Gasteiger partial charge in [0.1, 0.15) is 11.6 Å². The van der Waals surface area contributed by atoms with Crippen molar-refractivity contribution in [3.8, 4) is 11.4 Å². The minimum atomic E-state index is -0.693. The molecule has 21 heavy (non-hydrogen) atoms. The number of rotatable bonds is 2. The standard InChI is InChI=1S/C13H14ClF2N5/c1-7-6-21(3-2-17-7)13-18-12(19-20-13)8-4-11(16)9(14)5-10(8)15/h4-5,7,17H,2-3,6H2,1H3,(H,18,19,20)/t7-/m0/s1. The molecule has 1 aromatic heterocycles. The van der Waals surface area contributed by atoms with Crippen molar-refractivity contribution in [1.29, 1.82) is 0 Å². The third-order valence-electron chi connectivity index (χ3n) is 3.39. The zero-order valence-electron chi connectivity index (χ0n) is 11.3. The summed E-state index contributed by atoms with van der Waals surface area (Å²) in [4.78, 5) is 6.24. The van der Waals surface area contributed by atoms with Crippen molar-refractivity contribution in [2.75, 3.05) is 24.5 Å². The molecule has 1 atom stereocenters. The summed E-state index contributed by atoms with van der Waals surface area (Å²) in [5, 5.41) is 9.79. The Balaban J connectivity index is 1.90. The van der Waals surface area contributed by atoms with Gasteiger partial charge in [0, 0.05) is 25.7 Å². The van der Waals surface area contributed by atoms with Gasteiger partial charge in [0.25, 0.3) is 0 Å². The van der Waals surface area contributed by atoms with Crippen LogP contribution >= 0.6 is 11.6 Å². The summed E-state index contributed by atoms with van der Waals surface area (Å²) in [6.45, 7) is 4.41. The fourth-order valence-corrected chi connectivity index (χ4v) is 2.48. The lowest BCUT2D eigenvalue weighted by Gasteiger charge is -2.30. The van der Waals surface area contributed by atoms with Gasteiger partial charge in [0.05, 0.1) is 10.6 Å². The number of aromatic nitrogens is 3. The largest absolute Gasteiger partial charge is 0.337 e. The van der Waals surface area contributed by atoms with Crippen LogP contribution in [0.25, 0.3) is 11.4 Å². The summed E-state index contributed by atoms with van der Waals surface area (Å²) >= 11 is 5.54. The average Bonchev–Trinajstić information content (AvgIpc) is 2.92. The molecule has 8 heteroatoms. The fourth-order valence-electron chi connectivity index (χ4n) is 2.33. The number of halogens is 3. The molecule has 0 unspecified atom stereocenters. The number of nitrogens with zero attached hydrogens (tertiary/aromatic N) is 3. The van der Waals surface area contributed by atoms with Gasteiger partial charge in [-0.3, -0.25) is 5.10 Å². The van der Waals surface area contributed by atoms with Gasteiger partial charge in [-0.05, 0) is 19.1 Å². The molecule has 1 saturated heterocycles. The number of benzene rings is 1. The highest BCUT2D eigenvalue weighted by Crippen LogP contribution is 2.26. The molecule has 1 aliphatic heterocycles. The Kier molecular flexibility index (Phi) is 3.77. The van der Waals surface area contributed by atoms with E-state index in [1.807, 2.05) is 4.90 Å². The Morgan fingerprint density at radius 3 is 2.90 bits per heavy atom. The van der Waals surface area contributed by atoms with Crippen LogP contribution in [0, 0.1) is 11.6 Å². The molecule has 2 heterocycles. The van der Waals surface area contributed by atoms with Crippen molar-refractivity contribution in [3.63, 3.8) is 0 Å². The molecule has 1 aromatic carbocycles. The van der Waals surface area contributed by atoms with E-state index in [1.54, 1.807) is 0 Å². The molecule has 5 nitrogen and oxygen atoms in total. The second-order valence-electron chi connectivity index (χ2n) is 5.03. The third kappa shape index (κ3) is 2.84. The van der Waals surface area contributed by atoms with Crippen molar-refractivity contribution in [2.24, 2.45) is 0 Å². The van der Waals surface area contributed by atoms with Crippen LogP contribution in [0.1, 0.15) is 6.92 Å². The van der Waals surface area contributed by atoms with Gasteiger partial charge in [0.15, 0.2) is 5.82 Å². The van der Waals surface area contributed by atoms with E-state index in [0.717, 1.165) is 31.8 Å². The summed E-state index contributed by atoms with van der Waals surface area (Å²) in [6, 6.07) is 2.27. The lowest BCUT2D eigenvalue weighted by molar-refractivity contribution is 0.480. The summed E-state index contributed by atoms with van der Waals surface area (Å²) < 4.78 is 27.3. The molecule has 2 N–H and O–H groups in total. The molecule has 0 spiro atoms. The molecule has 0 saturated carbocycles. The van der Waals surface area contributed by atoms with E-state index >= 15 is 0 Å². The van der Waals surface area contributed by atoms with Crippen LogP contribution in [0.3, 0.4) is 0 Å². The van der Waals surface area contributed by atoms with Gasteiger partial charge >= 0.3 is 0 Å². The van der Waals surface area contributed by atoms with Crippen LogP contribution in [0.15, 0.2) is 12.1 Å². The highest BCUT2D eigenvalue weighted by molar-refractivity contribution is 6.30. The Bertz CT molecular complexity index is 660. The predicted octanol–water partition coefficient (Wildman–Crippen LogP) is 2.20. The van der Waals surface area contributed by atoms with E-state index in [1.165, 1.54) is 0 Å². The van der Waals surface area contributed by atoms with Crippen molar-refractivity contribution < 1.29 is 8.78 Å². The summed E-state index contributed by atoms with van der Waals surface area (Å²) in [6.07, 6.45) is 0. The second-order valence-corrected chi connectivity index (χ2v) is 5.44. The highest BCUT2D eigenvalue weighted by atomic mass is 35.5. The summed E-state index contributed by atoms with van der Waals surface area (Å²) in [7, 11) is 0. The smallest absolute Gasteiger partial charge is 0.245 e. The molecule has 0 bridgehead atoms. The molecule has 0 amide bonds. The van der Waals surface area contributed by atoms with Crippen molar-refractivity contribution in [3.05, 3.63) is 28.8 Å². The number of aromatic amines is 1. The molecule has 2 aromatic rings. The third-order valence-corrected chi connectivity index (χ3v) is 3.68. The second kappa shape index (κ2) is 5.57.